The van der Waals surface area contributed by atoms with Gasteiger partial charge in [-0.3, -0.25) is 13.9 Å². The summed E-state index contributed by atoms with van der Waals surface area (Å²) in [5, 5.41) is 9.94. The van der Waals surface area contributed by atoms with E-state index in [-0.39, 0.29) is 37.7 Å². The first-order valence-corrected chi connectivity index (χ1v) is 12.2. The molecule has 0 spiro atoms. The van der Waals surface area contributed by atoms with Crippen LogP contribution in [0.25, 0.3) is 0 Å². The van der Waals surface area contributed by atoms with Crippen molar-refractivity contribution in [1.29, 1.82) is 0 Å². The third-order valence-corrected chi connectivity index (χ3v) is 6.21. The molecular formula is C25H26ClF3N4O6. The summed E-state index contributed by atoms with van der Waals surface area (Å²) in [5.74, 6) is 0.0629. The Kier molecular flexibility index (Phi) is 8.42. The number of hydrogen-bond donors (Lipinski definition) is 1. The first kappa shape index (κ1) is 28.3. The maximum atomic E-state index is 13.4. The van der Waals surface area contributed by atoms with Crippen molar-refractivity contribution in [3.8, 4) is 11.5 Å². The van der Waals surface area contributed by atoms with Gasteiger partial charge in [0.05, 0.1) is 19.8 Å². The van der Waals surface area contributed by atoms with Gasteiger partial charge in [0.25, 0.3) is 5.56 Å². The summed E-state index contributed by atoms with van der Waals surface area (Å²) in [6, 6.07) is 12.1. The summed E-state index contributed by atoms with van der Waals surface area (Å²) < 4.78 is 55.3. The van der Waals surface area contributed by atoms with E-state index in [0.717, 1.165) is 22.3 Å². The van der Waals surface area contributed by atoms with Gasteiger partial charge >= 0.3 is 12.1 Å². The van der Waals surface area contributed by atoms with Crippen molar-refractivity contribution in [2.75, 3.05) is 36.7 Å². The molecule has 1 unspecified atom stereocenters. The van der Waals surface area contributed by atoms with E-state index in [2.05, 4.69) is 4.74 Å². The van der Waals surface area contributed by atoms with E-state index in [4.69, 9.17) is 21.1 Å². The molecule has 1 atom stereocenters. The van der Waals surface area contributed by atoms with Gasteiger partial charge in [-0.25, -0.2) is 4.79 Å². The van der Waals surface area contributed by atoms with Crippen LogP contribution >= 0.6 is 11.6 Å². The van der Waals surface area contributed by atoms with E-state index in [9.17, 15) is 27.9 Å². The third-order valence-electron chi connectivity index (χ3n) is 5.96. The van der Waals surface area contributed by atoms with Crippen LogP contribution in [0.4, 0.5) is 24.7 Å². The van der Waals surface area contributed by atoms with Crippen molar-refractivity contribution in [1.82, 2.24) is 9.13 Å². The van der Waals surface area contributed by atoms with E-state index < -0.39 is 36.3 Å². The third kappa shape index (κ3) is 6.32. The number of nitrogens with zero attached hydrogens (tertiary/aromatic N) is 4. The maximum absolute atomic E-state index is 13.4. The van der Waals surface area contributed by atoms with Crippen LogP contribution in [0.1, 0.15) is 5.56 Å². The van der Waals surface area contributed by atoms with E-state index in [1.807, 2.05) is 0 Å². The van der Waals surface area contributed by atoms with Gasteiger partial charge in [-0.05, 0) is 29.8 Å². The summed E-state index contributed by atoms with van der Waals surface area (Å²) in [6.45, 7) is -0.382. The highest BCUT2D eigenvalue weighted by Crippen LogP contribution is 2.36. The second kappa shape index (κ2) is 11.6. The SMILES string of the molecule is CN1c2c(c(=O)n(CCO)c(=O)n2C)N(Cc2ccc(Cl)cc2)C1OCCOc1cccc(OC(F)(F)F)c1. The highest BCUT2D eigenvalue weighted by Gasteiger charge is 2.40. The van der Waals surface area contributed by atoms with Crippen molar-refractivity contribution >= 4 is 23.1 Å². The van der Waals surface area contributed by atoms with Gasteiger partial charge in [0, 0.05) is 31.7 Å². The molecule has 2 heterocycles. The maximum Gasteiger partial charge on any atom is 0.573 e. The lowest BCUT2D eigenvalue weighted by molar-refractivity contribution is -0.274. The molecule has 1 aromatic heterocycles. The normalized spacial score (nSPS) is 15.0. The number of rotatable bonds is 10. The number of benzene rings is 2. The molecule has 0 amide bonds. The second-order valence-electron chi connectivity index (χ2n) is 8.63. The quantitative estimate of drug-likeness (QED) is 0.372. The molecule has 1 aliphatic heterocycles. The predicted octanol–water partition coefficient (Wildman–Crippen LogP) is 2.93. The monoisotopic (exact) mass is 570 g/mol. The molecule has 39 heavy (non-hydrogen) atoms. The zero-order valence-electron chi connectivity index (χ0n) is 21.0. The van der Waals surface area contributed by atoms with Crippen LogP contribution in [0.2, 0.25) is 5.02 Å². The van der Waals surface area contributed by atoms with Crippen molar-refractivity contribution < 1.29 is 32.5 Å². The fourth-order valence-electron chi connectivity index (χ4n) is 4.34. The van der Waals surface area contributed by atoms with Gasteiger partial charge in [0.2, 0.25) is 6.35 Å². The Labute approximate surface area is 225 Å². The van der Waals surface area contributed by atoms with E-state index in [1.54, 1.807) is 41.1 Å². The largest absolute Gasteiger partial charge is 0.573 e. The van der Waals surface area contributed by atoms with Crippen LogP contribution in [0, 0.1) is 0 Å². The number of alkyl halides is 3. The topological polar surface area (TPSA) is 98.4 Å². The Morgan fingerprint density at radius 2 is 1.72 bits per heavy atom. The lowest BCUT2D eigenvalue weighted by Gasteiger charge is -2.30. The smallest absolute Gasteiger partial charge is 0.491 e. The van der Waals surface area contributed by atoms with Crippen molar-refractivity contribution in [3.63, 3.8) is 0 Å². The number of fused-ring (bicyclic) bond motifs is 1. The predicted molar refractivity (Wildman–Crippen MR) is 137 cm³/mol. The number of aliphatic hydroxyl groups excluding tert-OH is 1. The molecule has 0 bridgehead atoms. The highest BCUT2D eigenvalue weighted by atomic mass is 35.5. The van der Waals surface area contributed by atoms with Crippen LogP contribution in [-0.2, 0) is 24.9 Å². The molecule has 14 heteroatoms. The molecule has 2 aromatic carbocycles. The highest BCUT2D eigenvalue weighted by molar-refractivity contribution is 6.30. The molecule has 1 N–H and O–H groups in total. The zero-order chi connectivity index (χ0) is 28.3. The molecule has 0 saturated heterocycles. The zero-order valence-corrected chi connectivity index (χ0v) is 21.8. The van der Waals surface area contributed by atoms with Gasteiger partial charge in [0.15, 0.2) is 0 Å². The molecule has 0 radical (unpaired) electrons. The lowest BCUT2D eigenvalue weighted by atomic mass is 10.2. The summed E-state index contributed by atoms with van der Waals surface area (Å²) >= 11 is 6.02. The first-order valence-electron chi connectivity index (χ1n) is 11.8. The molecule has 210 valence electrons. The van der Waals surface area contributed by atoms with E-state index in [0.29, 0.717) is 10.8 Å². The molecule has 0 fully saturated rings. The minimum Gasteiger partial charge on any atom is -0.491 e. The molecule has 3 aromatic rings. The van der Waals surface area contributed by atoms with Crippen molar-refractivity contribution in [3.05, 3.63) is 80.0 Å². The van der Waals surface area contributed by atoms with Gasteiger partial charge in [0.1, 0.15) is 29.6 Å². The van der Waals surface area contributed by atoms with Crippen molar-refractivity contribution in [2.24, 2.45) is 7.05 Å². The number of halogens is 4. The van der Waals surface area contributed by atoms with Gasteiger partial charge in [-0.1, -0.05) is 29.8 Å². The van der Waals surface area contributed by atoms with Crippen LogP contribution in [0.15, 0.2) is 58.1 Å². The number of anilines is 2. The standard InChI is InChI=1S/C25H26ClF3N4O6/c1-30-21-20(22(35)32(10-11-34)23(30)36)33(15-16-6-8-17(26)9-7-16)24(31(21)2)38-13-12-37-18-4-3-5-19(14-18)39-25(27,28)29/h3-9,14,24,34H,10-13,15H2,1-2H3. The molecule has 4 rings (SSSR count). The Bertz CT molecular complexity index is 1430. The van der Waals surface area contributed by atoms with Gasteiger partial charge < -0.3 is 29.1 Å². The van der Waals surface area contributed by atoms with Crippen LogP contribution in [0.5, 0.6) is 11.5 Å². The number of aromatic nitrogens is 2. The molecule has 0 saturated carbocycles. The Hall–Kier alpha value is -3.68. The van der Waals surface area contributed by atoms with Crippen LogP contribution in [0.3, 0.4) is 0 Å². The van der Waals surface area contributed by atoms with E-state index >= 15 is 0 Å². The van der Waals surface area contributed by atoms with Crippen molar-refractivity contribution in [2.45, 2.75) is 25.8 Å². The van der Waals surface area contributed by atoms with Crippen LogP contribution in [-0.4, -0.2) is 53.8 Å². The Morgan fingerprint density at radius 1 is 1.03 bits per heavy atom. The molecule has 0 aliphatic carbocycles. The van der Waals surface area contributed by atoms with E-state index in [1.165, 1.54) is 23.7 Å². The fraction of sp³-hybridized carbons (Fsp3) is 0.360. The lowest BCUT2D eigenvalue weighted by Crippen LogP contribution is -2.45. The molecule has 1 aliphatic rings. The number of ether oxygens (including phenoxy) is 3. The summed E-state index contributed by atoms with van der Waals surface area (Å²) in [6.07, 6.45) is -5.66. The molecule has 10 nitrogen and oxygen atoms in total. The number of aliphatic hydroxyl groups is 1. The summed E-state index contributed by atoms with van der Waals surface area (Å²) in [4.78, 5) is 29.6. The summed E-state index contributed by atoms with van der Waals surface area (Å²) in [7, 11) is 3.19. The minimum absolute atomic E-state index is 0.0107. The second-order valence-corrected chi connectivity index (χ2v) is 9.06. The number of hydrogen-bond acceptors (Lipinski definition) is 8. The Balaban J connectivity index is 1.56. The van der Waals surface area contributed by atoms with Crippen LogP contribution < -0.4 is 30.5 Å². The Morgan fingerprint density at radius 3 is 2.38 bits per heavy atom. The first-order chi connectivity index (χ1) is 18.5. The van der Waals surface area contributed by atoms with Gasteiger partial charge in [-0.15, -0.1) is 13.2 Å². The minimum atomic E-state index is -4.83. The average Bonchev–Trinajstić information content (AvgIpc) is 3.15. The van der Waals surface area contributed by atoms with Gasteiger partial charge in [-0.2, -0.15) is 0 Å². The summed E-state index contributed by atoms with van der Waals surface area (Å²) in [5.41, 5.74) is -0.136. The fourth-order valence-corrected chi connectivity index (χ4v) is 4.46. The average molecular weight is 571 g/mol. The molecular weight excluding hydrogens is 545 g/mol.